The Balaban J connectivity index is 1.33. The van der Waals surface area contributed by atoms with Crippen LogP contribution in [0, 0.1) is 0 Å². The van der Waals surface area contributed by atoms with Crippen molar-refractivity contribution >= 4 is 23.4 Å². The Hall–Kier alpha value is -2.89. The second-order valence-electron chi connectivity index (χ2n) is 8.68. The van der Waals surface area contributed by atoms with Crippen molar-refractivity contribution in [1.29, 1.82) is 0 Å². The Bertz CT molecular complexity index is 1080. The molecular weight excluding hydrogens is 434 g/mol. The lowest BCUT2D eigenvalue weighted by molar-refractivity contribution is 0.0378. The van der Waals surface area contributed by atoms with E-state index in [2.05, 4.69) is 45.1 Å². The third kappa shape index (κ3) is 6.12. The maximum Gasteiger partial charge on any atom is 0.342 e. The Kier molecular flexibility index (Phi) is 7.63. The van der Waals surface area contributed by atoms with Gasteiger partial charge in [0.1, 0.15) is 11.4 Å². The van der Waals surface area contributed by atoms with Crippen molar-refractivity contribution in [2.45, 2.75) is 32.9 Å². The first-order valence-corrected chi connectivity index (χ1v) is 11.8. The molecule has 2 heterocycles. The van der Waals surface area contributed by atoms with Crippen molar-refractivity contribution < 1.29 is 9.53 Å². The van der Waals surface area contributed by atoms with Crippen LogP contribution < -0.4 is 4.90 Å². The van der Waals surface area contributed by atoms with Crippen LogP contribution in [0.3, 0.4) is 0 Å². The van der Waals surface area contributed by atoms with E-state index in [1.165, 1.54) is 11.1 Å². The lowest BCUT2D eigenvalue weighted by atomic mass is 10.0. The number of rotatable bonds is 7. The molecule has 1 aliphatic heterocycles. The molecule has 0 aliphatic carbocycles. The van der Waals surface area contributed by atoms with Crippen molar-refractivity contribution in [1.82, 2.24) is 9.88 Å². The minimum atomic E-state index is -0.313. The summed E-state index contributed by atoms with van der Waals surface area (Å²) in [5.74, 6) is 0.402. The number of carbonyl (C=O) groups excluding carboxylic acids is 1. The van der Waals surface area contributed by atoms with Crippen LogP contribution in [0.2, 0.25) is 5.02 Å². The average Bonchev–Trinajstić information content (AvgIpc) is 2.82. The fourth-order valence-corrected chi connectivity index (χ4v) is 4.29. The largest absolute Gasteiger partial charge is 0.459 e. The second kappa shape index (κ2) is 10.8. The summed E-state index contributed by atoms with van der Waals surface area (Å²) in [6.07, 6.45) is 2.42. The molecule has 5 nitrogen and oxygen atoms in total. The van der Waals surface area contributed by atoms with Gasteiger partial charge in [-0.25, -0.2) is 9.78 Å². The molecule has 0 unspecified atom stereocenters. The van der Waals surface area contributed by atoms with E-state index < -0.39 is 0 Å². The monoisotopic (exact) mass is 463 g/mol. The SMILES string of the molecule is CC(C)OC(=O)c1cccnc1N1CCN(Cc2ccc(Cc3ccccc3Cl)cc2)CC1. The number of carbonyl (C=O) groups is 1. The van der Waals surface area contributed by atoms with Crippen molar-refractivity contribution in [3.8, 4) is 0 Å². The predicted octanol–water partition coefficient (Wildman–Crippen LogP) is 5.21. The van der Waals surface area contributed by atoms with Gasteiger partial charge < -0.3 is 9.64 Å². The number of aromatic nitrogens is 1. The molecule has 33 heavy (non-hydrogen) atoms. The van der Waals surface area contributed by atoms with Crippen molar-refractivity contribution in [2.75, 3.05) is 31.1 Å². The van der Waals surface area contributed by atoms with E-state index in [0.717, 1.165) is 49.7 Å². The van der Waals surface area contributed by atoms with Crippen LogP contribution in [-0.2, 0) is 17.7 Å². The van der Waals surface area contributed by atoms with Crippen molar-refractivity contribution in [2.24, 2.45) is 0 Å². The molecule has 0 bridgehead atoms. The van der Waals surface area contributed by atoms with E-state index in [-0.39, 0.29) is 12.1 Å². The van der Waals surface area contributed by atoms with E-state index in [1.54, 1.807) is 18.3 Å². The van der Waals surface area contributed by atoms with Gasteiger partial charge in [0, 0.05) is 43.9 Å². The minimum Gasteiger partial charge on any atom is -0.459 e. The number of piperazine rings is 1. The van der Waals surface area contributed by atoms with Crippen LogP contribution in [0.5, 0.6) is 0 Å². The van der Waals surface area contributed by atoms with Gasteiger partial charge in [-0.1, -0.05) is 54.1 Å². The number of benzene rings is 2. The fourth-order valence-electron chi connectivity index (χ4n) is 4.09. The maximum absolute atomic E-state index is 12.5. The molecular formula is C27H30ClN3O2. The van der Waals surface area contributed by atoms with Crippen LogP contribution in [0.15, 0.2) is 66.9 Å². The molecule has 0 atom stereocenters. The first-order chi connectivity index (χ1) is 16.0. The summed E-state index contributed by atoms with van der Waals surface area (Å²) in [4.78, 5) is 21.6. The molecule has 2 aromatic carbocycles. The number of nitrogens with zero attached hydrogens (tertiary/aromatic N) is 3. The zero-order valence-electron chi connectivity index (χ0n) is 19.2. The lowest BCUT2D eigenvalue weighted by Crippen LogP contribution is -2.46. The third-order valence-corrected chi connectivity index (χ3v) is 6.17. The highest BCUT2D eigenvalue weighted by Gasteiger charge is 2.23. The van der Waals surface area contributed by atoms with E-state index >= 15 is 0 Å². The normalized spacial score (nSPS) is 14.5. The second-order valence-corrected chi connectivity index (χ2v) is 9.08. The molecule has 4 rings (SSSR count). The van der Waals surface area contributed by atoms with Crippen LogP contribution >= 0.6 is 11.6 Å². The zero-order chi connectivity index (χ0) is 23.2. The van der Waals surface area contributed by atoms with E-state index in [4.69, 9.17) is 16.3 Å². The standard InChI is InChI=1S/C27H30ClN3O2/c1-20(2)33-27(32)24-7-5-13-29-26(24)31-16-14-30(15-17-31)19-22-11-9-21(10-12-22)18-23-6-3-4-8-25(23)28/h3-13,20H,14-19H2,1-2H3. The molecule has 0 N–H and O–H groups in total. The highest BCUT2D eigenvalue weighted by molar-refractivity contribution is 6.31. The summed E-state index contributed by atoms with van der Waals surface area (Å²) in [7, 11) is 0. The quantitative estimate of drug-likeness (QED) is 0.450. The summed E-state index contributed by atoms with van der Waals surface area (Å²) in [5.41, 5.74) is 4.24. The molecule has 1 saturated heterocycles. The molecule has 0 spiro atoms. The van der Waals surface area contributed by atoms with Gasteiger partial charge in [-0.05, 0) is 55.2 Å². The summed E-state index contributed by atoms with van der Waals surface area (Å²) < 4.78 is 5.40. The highest BCUT2D eigenvalue weighted by atomic mass is 35.5. The summed E-state index contributed by atoms with van der Waals surface area (Å²) in [6.45, 7) is 8.09. The Morgan fingerprint density at radius 2 is 1.67 bits per heavy atom. The zero-order valence-corrected chi connectivity index (χ0v) is 20.0. The number of halogens is 1. The predicted molar refractivity (Wildman–Crippen MR) is 133 cm³/mol. The van der Waals surface area contributed by atoms with Gasteiger partial charge in [0.25, 0.3) is 0 Å². The summed E-state index contributed by atoms with van der Waals surface area (Å²) in [6, 6.07) is 20.4. The van der Waals surface area contributed by atoms with E-state index in [9.17, 15) is 4.79 Å². The molecule has 1 fully saturated rings. The molecule has 0 radical (unpaired) electrons. The first-order valence-electron chi connectivity index (χ1n) is 11.4. The Labute approximate surface area is 201 Å². The minimum absolute atomic E-state index is 0.154. The topological polar surface area (TPSA) is 45.7 Å². The summed E-state index contributed by atoms with van der Waals surface area (Å²) in [5, 5.41) is 0.813. The van der Waals surface area contributed by atoms with Crippen molar-refractivity contribution in [3.63, 3.8) is 0 Å². The van der Waals surface area contributed by atoms with Crippen molar-refractivity contribution in [3.05, 3.63) is 94.1 Å². The average molecular weight is 464 g/mol. The molecule has 6 heteroatoms. The van der Waals surface area contributed by atoms with Crippen LogP contribution in [0.25, 0.3) is 0 Å². The third-order valence-electron chi connectivity index (χ3n) is 5.80. The molecule has 1 aliphatic rings. The Morgan fingerprint density at radius 3 is 2.36 bits per heavy atom. The van der Waals surface area contributed by atoms with Gasteiger partial charge in [-0.15, -0.1) is 0 Å². The Morgan fingerprint density at radius 1 is 0.970 bits per heavy atom. The van der Waals surface area contributed by atoms with Gasteiger partial charge in [0.2, 0.25) is 0 Å². The molecule has 0 amide bonds. The highest BCUT2D eigenvalue weighted by Crippen LogP contribution is 2.22. The van der Waals surface area contributed by atoms with E-state index in [0.29, 0.717) is 11.4 Å². The lowest BCUT2D eigenvalue weighted by Gasteiger charge is -2.36. The molecule has 1 aromatic heterocycles. The molecule has 172 valence electrons. The number of esters is 1. The number of anilines is 1. The van der Waals surface area contributed by atoms with E-state index in [1.807, 2.05) is 32.0 Å². The molecule has 0 saturated carbocycles. The maximum atomic E-state index is 12.5. The van der Waals surface area contributed by atoms with Gasteiger partial charge in [0.15, 0.2) is 0 Å². The van der Waals surface area contributed by atoms with Gasteiger partial charge >= 0.3 is 5.97 Å². The fraction of sp³-hybridized carbons (Fsp3) is 0.333. The molecule has 3 aromatic rings. The number of pyridine rings is 1. The van der Waals surface area contributed by atoms with Gasteiger partial charge in [-0.2, -0.15) is 0 Å². The first kappa shape index (κ1) is 23.3. The van der Waals surface area contributed by atoms with Crippen LogP contribution in [-0.4, -0.2) is 48.1 Å². The number of ether oxygens (including phenoxy) is 1. The van der Waals surface area contributed by atoms with Gasteiger partial charge in [-0.3, -0.25) is 4.90 Å². The number of hydrogen-bond donors (Lipinski definition) is 0. The summed E-state index contributed by atoms with van der Waals surface area (Å²) >= 11 is 6.30. The smallest absolute Gasteiger partial charge is 0.342 e. The van der Waals surface area contributed by atoms with Gasteiger partial charge in [0.05, 0.1) is 6.10 Å². The van der Waals surface area contributed by atoms with Crippen LogP contribution in [0.4, 0.5) is 5.82 Å². The van der Waals surface area contributed by atoms with Crippen LogP contribution in [0.1, 0.15) is 40.9 Å². The number of hydrogen-bond acceptors (Lipinski definition) is 5.